The zero-order chi connectivity index (χ0) is 64.2. The number of benzene rings is 5. The van der Waals surface area contributed by atoms with Gasteiger partial charge >= 0.3 is 0 Å². The van der Waals surface area contributed by atoms with Gasteiger partial charge in [0.2, 0.25) is 47.0 Å². The Morgan fingerprint density at radius 1 is 0.674 bits per heavy atom. The van der Waals surface area contributed by atoms with Crippen LogP contribution in [-0.4, -0.2) is 121 Å². The van der Waals surface area contributed by atoms with Crippen molar-refractivity contribution in [3.63, 3.8) is 0 Å². The Bertz CT molecular complexity index is 3770. The summed E-state index contributed by atoms with van der Waals surface area (Å²) in [4.78, 5) is 114. The number of hydrogen-bond acceptors (Lipinski definition) is 11. The van der Waals surface area contributed by atoms with E-state index in [0.29, 0.717) is 24.0 Å². The molecule has 3 aliphatic rings. The van der Waals surface area contributed by atoms with Crippen LogP contribution in [-0.2, 0) is 68.4 Å². The summed E-state index contributed by atoms with van der Waals surface area (Å²) in [6, 6.07) is 23.2. The SMILES string of the molecule is CN1/C2=C/C=C/C=C/C=C/C3=[N+](C)c4ccc5ccc(cc5c4C3(C)C)CC(=O)N[C@@H](CCCN=C(N)N)C(=O)NCC(=O)N[C@@H](CC(=O)[O-])C(=O)N[C@H](Cc3ccccc3)C(=O)N[C@H](C(N)=O)CCCCNC(=O)Cc3ccc4ccc1c(c4c3)C2(C)C. The van der Waals surface area contributed by atoms with Gasteiger partial charge in [0.15, 0.2) is 11.7 Å². The average Bonchev–Trinajstić information content (AvgIpc) is 1.61. The number of aliphatic imine (C=N–C) groups is 1. The maximum absolute atomic E-state index is 14.1. The van der Waals surface area contributed by atoms with E-state index in [4.69, 9.17) is 17.2 Å². The number of amides is 7. The molecule has 0 spiro atoms. The Morgan fingerprint density at radius 3 is 1.99 bits per heavy atom. The van der Waals surface area contributed by atoms with E-state index in [1.807, 2.05) is 73.8 Å². The number of carbonyl (C=O) groups excluding carboxylic acids is 8. The van der Waals surface area contributed by atoms with Crippen LogP contribution >= 0.6 is 0 Å². The minimum Gasteiger partial charge on any atom is -0.550 e. The number of carbonyl (C=O) groups is 8. The van der Waals surface area contributed by atoms with E-state index in [1.165, 1.54) is 0 Å². The maximum Gasteiger partial charge on any atom is 0.243 e. The predicted molar refractivity (Wildman–Crippen MR) is 343 cm³/mol. The molecule has 8 rings (SSSR count). The Kier molecular flexibility index (Phi) is 21.0. The van der Waals surface area contributed by atoms with Crippen LogP contribution in [0, 0.1) is 0 Å². The lowest BCUT2D eigenvalue weighted by molar-refractivity contribution is -0.401. The lowest BCUT2D eigenvalue weighted by Crippen LogP contribution is -2.58. The quantitative estimate of drug-likeness (QED) is 0.0444. The number of carboxylic acid groups (broad SMARTS) is 1. The minimum absolute atomic E-state index is 0.0517. The van der Waals surface area contributed by atoms with E-state index in [9.17, 15) is 43.5 Å². The smallest absolute Gasteiger partial charge is 0.243 e. The van der Waals surface area contributed by atoms with Gasteiger partial charge in [-0.05, 0) is 108 Å². The highest BCUT2D eigenvalue weighted by Gasteiger charge is 2.44. The second-order valence-corrected chi connectivity index (χ2v) is 23.9. The van der Waals surface area contributed by atoms with Crippen LogP contribution in [0.2, 0.25) is 0 Å². The normalized spacial score (nSPS) is 22.4. The molecular formula is C68H80N12O9. The number of allylic oxidation sites excluding steroid dienone is 8. The molecule has 5 aromatic carbocycles. The number of nitrogens with one attached hydrogen (secondary N) is 6. The van der Waals surface area contributed by atoms with E-state index in [1.54, 1.807) is 30.3 Å². The number of hydrogen-bond donors (Lipinski definition) is 9. The Hall–Kier alpha value is -9.92. The molecule has 0 aliphatic carbocycles. The fraction of sp³-hybridized carbons (Fsp3) is 0.353. The average molecular weight is 1210 g/mol. The highest BCUT2D eigenvalue weighted by atomic mass is 16.4. The fourth-order valence-electron chi connectivity index (χ4n) is 12.2. The van der Waals surface area contributed by atoms with Gasteiger partial charge in [0.25, 0.3) is 0 Å². The summed E-state index contributed by atoms with van der Waals surface area (Å²) in [6.07, 6.45) is 14.4. The van der Waals surface area contributed by atoms with Crippen LogP contribution in [0.3, 0.4) is 0 Å². The highest BCUT2D eigenvalue weighted by Crippen LogP contribution is 2.50. The van der Waals surface area contributed by atoms with Gasteiger partial charge in [-0.25, -0.2) is 0 Å². The molecule has 21 nitrogen and oxygen atoms in total. The van der Waals surface area contributed by atoms with E-state index in [-0.39, 0.29) is 68.9 Å². The van der Waals surface area contributed by atoms with Crippen molar-refractivity contribution in [2.75, 3.05) is 38.6 Å². The molecule has 0 saturated heterocycles. The molecular weight excluding hydrogens is 1130 g/mol. The van der Waals surface area contributed by atoms with Gasteiger partial charge in [0.1, 0.15) is 31.2 Å². The molecule has 4 atom stereocenters. The topological polar surface area (TPSA) is 328 Å². The van der Waals surface area contributed by atoms with Crippen molar-refractivity contribution in [3.8, 4) is 0 Å². The van der Waals surface area contributed by atoms with Crippen LogP contribution in [0.1, 0.15) is 94.0 Å². The largest absolute Gasteiger partial charge is 0.550 e. The van der Waals surface area contributed by atoms with Crippen molar-refractivity contribution >= 4 is 91.9 Å². The Morgan fingerprint density at radius 2 is 1.30 bits per heavy atom. The van der Waals surface area contributed by atoms with Gasteiger partial charge in [0, 0.05) is 73.5 Å². The van der Waals surface area contributed by atoms with Gasteiger partial charge in [-0.1, -0.05) is 117 Å². The first kappa shape index (κ1) is 65.1. The number of fused-ring (bicyclic) bond motifs is 4. The monoisotopic (exact) mass is 1210 g/mol. The molecule has 3 heterocycles. The van der Waals surface area contributed by atoms with Gasteiger partial charge in [-0.3, -0.25) is 38.6 Å². The summed E-state index contributed by atoms with van der Waals surface area (Å²) in [5, 5.41) is 31.8. The number of likely N-dealkylation sites (N-methyl/N-ethyl adjacent to an activating group) is 1. The first-order valence-corrected chi connectivity index (χ1v) is 29.9. The van der Waals surface area contributed by atoms with Crippen LogP contribution in [0.25, 0.3) is 21.5 Å². The number of primary amides is 1. The summed E-state index contributed by atoms with van der Waals surface area (Å²) in [5.41, 5.74) is 24.7. The summed E-state index contributed by atoms with van der Waals surface area (Å²) in [5.74, 6) is -7.06. The third kappa shape index (κ3) is 16.0. The molecule has 0 radical (unpaired) electrons. The summed E-state index contributed by atoms with van der Waals surface area (Å²) in [6.45, 7) is 8.39. The zero-order valence-corrected chi connectivity index (χ0v) is 51.2. The van der Waals surface area contributed by atoms with E-state index >= 15 is 0 Å². The van der Waals surface area contributed by atoms with Crippen molar-refractivity contribution in [1.82, 2.24) is 31.9 Å². The molecule has 0 saturated carbocycles. The third-order valence-electron chi connectivity index (χ3n) is 16.6. The van der Waals surface area contributed by atoms with Crippen molar-refractivity contribution in [2.24, 2.45) is 22.2 Å². The maximum atomic E-state index is 14.1. The van der Waals surface area contributed by atoms with Gasteiger partial charge in [-0.2, -0.15) is 4.58 Å². The van der Waals surface area contributed by atoms with Crippen LogP contribution in [0.5, 0.6) is 0 Å². The van der Waals surface area contributed by atoms with Gasteiger partial charge < -0.3 is 63.9 Å². The Labute approximate surface area is 518 Å². The number of rotatable bonds is 9. The highest BCUT2D eigenvalue weighted by molar-refractivity contribution is 6.08. The molecule has 0 unspecified atom stereocenters. The summed E-state index contributed by atoms with van der Waals surface area (Å²) in [7, 11) is 4.10. The summed E-state index contributed by atoms with van der Waals surface area (Å²) < 4.78 is 2.17. The molecule has 0 fully saturated rings. The number of carboxylic acids is 1. The summed E-state index contributed by atoms with van der Waals surface area (Å²) >= 11 is 0. The first-order valence-electron chi connectivity index (χ1n) is 29.9. The molecule has 0 aromatic heterocycles. The second kappa shape index (κ2) is 28.7. The molecule has 3 aliphatic heterocycles. The molecule has 466 valence electrons. The molecule has 89 heavy (non-hydrogen) atoms. The number of aliphatic carboxylic acids is 1. The second-order valence-electron chi connectivity index (χ2n) is 23.9. The lowest BCUT2D eigenvalue weighted by Gasteiger charge is -2.25. The van der Waals surface area contributed by atoms with Crippen molar-refractivity contribution in [2.45, 2.75) is 120 Å². The molecule has 12 N–H and O–H groups in total. The number of anilines is 1. The van der Waals surface area contributed by atoms with Crippen molar-refractivity contribution < 1.29 is 48.0 Å². The fourth-order valence-corrected chi connectivity index (χ4v) is 12.2. The van der Waals surface area contributed by atoms with Gasteiger partial charge in [0.05, 0.1) is 24.8 Å². The van der Waals surface area contributed by atoms with E-state index in [0.717, 1.165) is 61.0 Å². The van der Waals surface area contributed by atoms with Crippen LogP contribution < -0.4 is 59.1 Å². The standard InChI is InChI=1S/C68H80N12O9/c1-67(2)54-22-13-8-7-9-14-23-55-68(3,4)61-47-35-43(25-27-45(47)29-31-53(61)80(55)6)38-57(82)75-49(21-17-33-73-66(70)71)63(87)74-40-58(83)76-51(39-59(84)85)65(89)78-50(36-41-18-11-10-12-19-41)64(88)77-48(62(69)86)20-15-16-32-72-56(81)37-42-24-26-44-28-30-52(79(54)5)60(67)46(44)34-42/h7-14,18-19,22-31,34-35,48-51H,15-17,20-21,32-33,36-40H2,1-6H3,(H12-,69,70,71,72,73,74,75,76,77,78,81,82,83,84,85,86,87,88,89)/t48-,49-,50+,51-/m0/s1. The predicted octanol–water partition coefficient (Wildman–Crippen LogP) is 3.34. The number of guanidine groups is 1. The minimum atomic E-state index is -1.80. The van der Waals surface area contributed by atoms with Crippen molar-refractivity contribution in [1.29, 1.82) is 0 Å². The lowest BCUT2D eigenvalue weighted by atomic mass is 9.78. The van der Waals surface area contributed by atoms with Crippen molar-refractivity contribution in [3.05, 3.63) is 167 Å². The number of nitrogens with zero attached hydrogens (tertiary/aromatic N) is 3. The zero-order valence-electron chi connectivity index (χ0n) is 51.2. The molecule has 5 aromatic rings. The number of nitrogens with two attached hydrogens (primary N) is 3. The first-order chi connectivity index (χ1) is 42.4. The Balaban J connectivity index is 1.07. The third-order valence-corrected chi connectivity index (χ3v) is 16.6. The molecule has 7 amide bonds. The van der Waals surface area contributed by atoms with Gasteiger partial charge in [-0.15, -0.1) is 0 Å². The van der Waals surface area contributed by atoms with Crippen LogP contribution in [0.15, 0.2) is 144 Å². The molecule has 21 heteroatoms. The van der Waals surface area contributed by atoms with E-state index < -0.39 is 84.0 Å². The van der Waals surface area contributed by atoms with E-state index in [2.05, 4.69) is 118 Å². The van der Waals surface area contributed by atoms with Crippen LogP contribution in [0.4, 0.5) is 11.4 Å². The molecule has 8 bridgehead atoms.